The van der Waals surface area contributed by atoms with Gasteiger partial charge in [0.2, 0.25) is 0 Å². The fraction of sp³-hybridized carbons (Fsp3) is 0.333. The summed E-state index contributed by atoms with van der Waals surface area (Å²) >= 11 is 3.47. The molecule has 0 radical (unpaired) electrons. The maximum absolute atomic E-state index is 5.94. The maximum atomic E-state index is 5.94. The Hall–Kier alpha value is -1.48. The van der Waals surface area contributed by atoms with E-state index in [9.17, 15) is 0 Å². The minimum atomic E-state index is 0.0916. The van der Waals surface area contributed by atoms with Gasteiger partial charge in [0, 0.05) is 16.7 Å². The third kappa shape index (κ3) is 4.78. The first-order valence-electron chi connectivity index (χ1n) is 7.18. The molecule has 2 aromatic rings. The minimum Gasteiger partial charge on any atom is -0.491 e. The zero-order valence-electron chi connectivity index (χ0n) is 12.8. The van der Waals surface area contributed by atoms with Crippen molar-refractivity contribution in [3.63, 3.8) is 0 Å². The molecule has 0 amide bonds. The average Bonchev–Trinajstić information content (AvgIpc) is 2.43. The molecule has 2 rings (SSSR count). The molecule has 112 valence electrons. The van der Waals surface area contributed by atoms with Crippen molar-refractivity contribution in [1.82, 2.24) is 0 Å². The second-order valence-electron chi connectivity index (χ2n) is 6.03. The van der Waals surface area contributed by atoms with Gasteiger partial charge in [-0.1, -0.05) is 61.0 Å². The van der Waals surface area contributed by atoms with Crippen molar-refractivity contribution < 1.29 is 4.74 Å². The number of ether oxygens (including phenoxy) is 1. The van der Waals surface area contributed by atoms with Crippen LogP contribution in [-0.2, 0) is 5.41 Å². The van der Waals surface area contributed by atoms with Crippen molar-refractivity contribution in [3.05, 3.63) is 58.6 Å². The van der Waals surface area contributed by atoms with E-state index in [0.29, 0.717) is 6.61 Å². The van der Waals surface area contributed by atoms with Crippen LogP contribution in [0.25, 0.3) is 0 Å². The third-order valence-electron chi connectivity index (χ3n) is 3.21. The number of benzene rings is 2. The second kappa shape index (κ2) is 6.99. The first-order valence-corrected chi connectivity index (χ1v) is 7.98. The van der Waals surface area contributed by atoms with E-state index >= 15 is 0 Å². The van der Waals surface area contributed by atoms with E-state index in [2.05, 4.69) is 60.2 Å². The fourth-order valence-electron chi connectivity index (χ4n) is 2.17. The number of hydrogen-bond donors (Lipinski definition) is 1. The molecule has 0 aliphatic rings. The van der Waals surface area contributed by atoms with E-state index < -0.39 is 0 Å². The number of hydrogen-bond acceptors (Lipinski definition) is 2. The van der Waals surface area contributed by atoms with Crippen molar-refractivity contribution in [2.75, 3.05) is 18.5 Å². The lowest BCUT2D eigenvalue weighted by molar-refractivity contribution is 0.323. The summed E-state index contributed by atoms with van der Waals surface area (Å²) in [6, 6.07) is 16.4. The summed E-state index contributed by atoms with van der Waals surface area (Å²) in [4.78, 5) is 0. The molecule has 1 N–H and O–H groups in total. The van der Waals surface area contributed by atoms with E-state index in [1.54, 1.807) is 0 Å². The van der Waals surface area contributed by atoms with Gasteiger partial charge in [-0.05, 0) is 35.2 Å². The maximum Gasteiger partial charge on any atom is 0.123 e. The lowest BCUT2D eigenvalue weighted by Crippen LogP contribution is -2.16. The Kier molecular flexibility index (Phi) is 5.29. The second-order valence-corrected chi connectivity index (χ2v) is 6.95. The highest BCUT2D eigenvalue weighted by Gasteiger charge is 2.18. The Morgan fingerprint density at radius 3 is 2.52 bits per heavy atom. The molecule has 0 heterocycles. The van der Waals surface area contributed by atoms with Crippen LogP contribution in [-0.4, -0.2) is 13.2 Å². The van der Waals surface area contributed by atoms with E-state index in [-0.39, 0.29) is 5.41 Å². The lowest BCUT2D eigenvalue weighted by Gasteiger charge is -2.22. The Morgan fingerprint density at radius 1 is 1.05 bits per heavy atom. The third-order valence-corrected chi connectivity index (χ3v) is 3.70. The van der Waals surface area contributed by atoms with Crippen LogP contribution in [0.3, 0.4) is 0 Å². The summed E-state index contributed by atoms with van der Waals surface area (Å²) in [5.74, 6) is 0.973. The molecule has 0 fully saturated rings. The average molecular weight is 348 g/mol. The van der Waals surface area contributed by atoms with Gasteiger partial charge < -0.3 is 10.1 Å². The molecule has 2 aromatic carbocycles. The Labute approximate surface area is 135 Å². The van der Waals surface area contributed by atoms with Gasteiger partial charge in [0.25, 0.3) is 0 Å². The van der Waals surface area contributed by atoms with Gasteiger partial charge in [-0.15, -0.1) is 0 Å². The first kappa shape index (κ1) is 15.9. The largest absolute Gasteiger partial charge is 0.491 e. The van der Waals surface area contributed by atoms with Crippen LogP contribution in [0.2, 0.25) is 0 Å². The number of anilines is 1. The minimum absolute atomic E-state index is 0.0916. The number of halogens is 1. The van der Waals surface area contributed by atoms with Crippen LogP contribution in [0.1, 0.15) is 26.3 Å². The highest BCUT2D eigenvalue weighted by atomic mass is 79.9. The van der Waals surface area contributed by atoms with Crippen LogP contribution >= 0.6 is 15.9 Å². The molecule has 0 spiro atoms. The Bertz CT molecular complexity index is 590. The zero-order valence-corrected chi connectivity index (χ0v) is 14.4. The predicted molar refractivity (Wildman–Crippen MR) is 93.3 cm³/mol. The van der Waals surface area contributed by atoms with Crippen LogP contribution in [0, 0.1) is 0 Å². The summed E-state index contributed by atoms with van der Waals surface area (Å²) in [6.07, 6.45) is 0. The lowest BCUT2D eigenvalue weighted by atomic mass is 9.86. The molecule has 0 saturated carbocycles. The highest BCUT2D eigenvalue weighted by Crippen LogP contribution is 2.30. The molecule has 0 aliphatic heterocycles. The molecule has 2 nitrogen and oxygen atoms in total. The topological polar surface area (TPSA) is 21.3 Å². The normalized spacial score (nSPS) is 11.2. The van der Waals surface area contributed by atoms with Gasteiger partial charge in [0.15, 0.2) is 0 Å². The van der Waals surface area contributed by atoms with Gasteiger partial charge in [-0.25, -0.2) is 0 Å². The molecule has 0 saturated heterocycles. The molecule has 0 atom stereocenters. The van der Waals surface area contributed by atoms with Crippen molar-refractivity contribution >= 4 is 21.6 Å². The first-order chi connectivity index (χ1) is 9.97. The predicted octanol–water partition coefficient (Wildman–Crippen LogP) is 5.24. The van der Waals surface area contributed by atoms with E-state index in [4.69, 9.17) is 4.74 Å². The van der Waals surface area contributed by atoms with Crippen LogP contribution in [0.15, 0.2) is 53.0 Å². The molecular formula is C18H22BrNO. The summed E-state index contributed by atoms with van der Waals surface area (Å²) in [5.41, 5.74) is 2.43. The van der Waals surface area contributed by atoms with Crippen molar-refractivity contribution in [2.45, 2.75) is 26.2 Å². The summed E-state index contributed by atoms with van der Waals surface area (Å²) in [5, 5.41) is 3.36. The van der Waals surface area contributed by atoms with Crippen molar-refractivity contribution in [3.8, 4) is 5.75 Å². The molecule has 0 unspecified atom stereocenters. The van der Waals surface area contributed by atoms with Crippen LogP contribution < -0.4 is 10.1 Å². The van der Waals surface area contributed by atoms with E-state index in [0.717, 1.165) is 22.5 Å². The molecular weight excluding hydrogens is 326 g/mol. The number of para-hydroxylation sites is 1. The Balaban J connectivity index is 1.90. The molecule has 0 aromatic heterocycles. The van der Waals surface area contributed by atoms with Crippen molar-refractivity contribution in [1.29, 1.82) is 0 Å². The zero-order chi connectivity index (χ0) is 15.3. The van der Waals surface area contributed by atoms with E-state index in [1.165, 1.54) is 5.56 Å². The molecule has 3 heteroatoms. The monoisotopic (exact) mass is 347 g/mol. The summed E-state index contributed by atoms with van der Waals surface area (Å²) < 4.78 is 7.02. The van der Waals surface area contributed by atoms with Crippen molar-refractivity contribution in [2.24, 2.45) is 0 Å². The molecule has 21 heavy (non-hydrogen) atoms. The van der Waals surface area contributed by atoms with Crippen LogP contribution in [0.4, 0.5) is 5.69 Å². The quantitative estimate of drug-likeness (QED) is 0.747. The van der Waals surface area contributed by atoms with E-state index in [1.807, 2.05) is 30.3 Å². The smallest absolute Gasteiger partial charge is 0.123 e. The number of nitrogens with one attached hydrogen (secondary N) is 1. The highest BCUT2D eigenvalue weighted by molar-refractivity contribution is 9.10. The van der Waals surface area contributed by atoms with Crippen LogP contribution in [0.5, 0.6) is 5.75 Å². The fourth-order valence-corrected chi connectivity index (χ4v) is 2.57. The van der Waals surface area contributed by atoms with Gasteiger partial charge in [-0.2, -0.15) is 0 Å². The SMILES string of the molecule is CC(C)(C)c1ccccc1OCCNc1cccc(Br)c1. The van der Waals surface area contributed by atoms with Gasteiger partial charge in [0.1, 0.15) is 12.4 Å². The van der Waals surface area contributed by atoms with Gasteiger partial charge >= 0.3 is 0 Å². The Morgan fingerprint density at radius 2 is 1.81 bits per heavy atom. The standard InChI is InChI=1S/C18H22BrNO/c1-18(2,3)16-9-4-5-10-17(16)21-12-11-20-15-8-6-7-14(19)13-15/h4-10,13,20H,11-12H2,1-3H3. The summed E-state index contributed by atoms with van der Waals surface area (Å²) in [7, 11) is 0. The summed E-state index contributed by atoms with van der Waals surface area (Å²) in [6.45, 7) is 8.02. The molecule has 0 bridgehead atoms. The number of rotatable bonds is 5. The van der Waals surface area contributed by atoms with Gasteiger partial charge in [-0.3, -0.25) is 0 Å². The van der Waals surface area contributed by atoms with Gasteiger partial charge in [0.05, 0.1) is 0 Å². The molecule has 0 aliphatic carbocycles.